The summed E-state index contributed by atoms with van der Waals surface area (Å²) in [6.45, 7) is 2.70. The van der Waals surface area contributed by atoms with E-state index in [0.717, 1.165) is 10.2 Å². The molecule has 0 aliphatic rings. The number of amides is 1. The fourth-order valence-corrected chi connectivity index (χ4v) is 1.18. The van der Waals surface area contributed by atoms with Gasteiger partial charge < -0.3 is 9.73 Å². The Labute approximate surface area is 84.7 Å². The lowest BCUT2D eigenvalue weighted by molar-refractivity contribution is 0.0924. The van der Waals surface area contributed by atoms with Crippen molar-refractivity contribution in [2.45, 2.75) is 13.3 Å². The molecule has 0 atom stereocenters. The molecule has 0 spiro atoms. The predicted octanol–water partition coefficient (Wildman–Crippen LogP) is 2.02. The van der Waals surface area contributed by atoms with Crippen LogP contribution < -0.4 is 5.32 Å². The molecule has 1 N–H and O–H groups in total. The van der Waals surface area contributed by atoms with Crippen LogP contribution in [0, 0.1) is 3.77 Å². The molecule has 12 heavy (non-hydrogen) atoms. The van der Waals surface area contributed by atoms with E-state index in [4.69, 9.17) is 4.42 Å². The lowest BCUT2D eigenvalue weighted by Crippen LogP contribution is -2.23. The summed E-state index contributed by atoms with van der Waals surface area (Å²) in [5, 5.41) is 2.73. The summed E-state index contributed by atoms with van der Waals surface area (Å²) in [5.74, 6) is 0.243. The summed E-state index contributed by atoms with van der Waals surface area (Å²) >= 11 is 2.03. The van der Waals surface area contributed by atoms with E-state index in [9.17, 15) is 4.79 Å². The van der Waals surface area contributed by atoms with Crippen LogP contribution in [0.15, 0.2) is 16.5 Å². The molecule has 0 bridgehead atoms. The summed E-state index contributed by atoms with van der Waals surface area (Å²) in [6, 6.07) is 3.44. The average Bonchev–Trinajstić information content (AvgIpc) is 2.47. The van der Waals surface area contributed by atoms with Crippen molar-refractivity contribution < 1.29 is 9.21 Å². The number of carbonyl (C=O) groups is 1. The third-order valence-corrected chi connectivity index (χ3v) is 1.91. The topological polar surface area (TPSA) is 42.2 Å². The van der Waals surface area contributed by atoms with Gasteiger partial charge in [-0.1, -0.05) is 6.92 Å². The predicted molar refractivity (Wildman–Crippen MR) is 54.0 cm³/mol. The first-order chi connectivity index (χ1) is 5.74. The Morgan fingerprint density at radius 3 is 2.92 bits per heavy atom. The average molecular weight is 279 g/mol. The minimum atomic E-state index is -0.139. The minimum Gasteiger partial charge on any atom is -0.445 e. The van der Waals surface area contributed by atoms with Gasteiger partial charge in [-0.25, -0.2) is 0 Å². The molecule has 1 aromatic rings. The third kappa shape index (κ3) is 2.51. The van der Waals surface area contributed by atoms with Crippen LogP contribution in [0.5, 0.6) is 0 Å². The maximum absolute atomic E-state index is 11.2. The van der Waals surface area contributed by atoms with Crippen molar-refractivity contribution in [3.05, 3.63) is 21.7 Å². The second kappa shape index (κ2) is 4.49. The van der Waals surface area contributed by atoms with Crippen LogP contribution in [0.1, 0.15) is 23.9 Å². The quantitative estimate of drug-likeness (QED) is 0.860. The second-order valence-electron chi connectivity index (χ2n) is 2.36. The zero-order valence-electron chi connectivity index (χ0n) is 6.76. The molecule has 0 saturated carbocycles. The number of halogens is 1. The van der Waals surface area contributed by atoms with Gasteiger partial charge in [0, 0.05) is 6.54 Å². The molecule has 0 radical (unpaired) electrons. The van der Waals surface area contributed by atoms with E-state index in [0.29, 0.717) is 12.3 Å². The summed E-state index contributed by atoms with van der Waals surface area (Å²) in [5.41, 5.74) is 0. The number of rotatable bonds is 3. The molecule has 66 valence electrons. The maximum atomic E-state index is 11.2. The van der Waals surface area contributed by atoms with E-state index in [1.165, 1.54) is 0 Å². The van der Waals surface area contributed by atoms with Gasteiger partial charge in [0.25, 0.3) is 5.91 Å². The SMILES string of the molecule is CCCNC(=O)c1ccc(I)o1. The Kier molecular flexibility index (Phi) is 3.58. The van der Waals surface area contributed by atoms with E-state index in [-0.39, 0.29) is 5.91 Å². The molecule has 0 unspecified atom stereocenters. The molecule has 1 aromatic heterocycles. The number of nitrogens with one attached hydrogen (secondary N) is 1. The van der Waals surface area contributed by atoms with Crippen molar-refractivity contribution in [2.24, 2.45) is 0 Å². The number of furan rings is 1. The second-order valence-corrected chi connectivity index (χ2v) is 3.42. The number of carbonyl (C=O) groups excluding carboxylic acids is 1. The van der Waals surface area contributed by atoms with E-state index >= 15 is 0 Å². The normalized spacial score (nSPS) is 9.83. The molecule has 4 heteroatoms. The fourth-order valence-electron chi connectivity index (χ4n) is 0.762. The maximum Gasteiger partial charge on any atom is 0.287 e. The van der Waals surface area contributed by atoms with Crippen LogP contribution in [0.4, 0.5) is 0 Å². The van der Waals surface area contributed by atoms with Crippen molar-refractivity contribution in [3.63, 3.8) is 0 Å². The molecule has 0 saturated heterocycles. The highest BCUT2D eigenvalue weighted by atomic mass is 127. The first-order valence-corrected chi connectivity index (χ1v) is 4.85. The van der Waals surface area contributed by atoms with E-state index in [1.54, 1.807) is 12.1 Å². The van der Waals surface area contributed by atoms with Crippen LogP contribution >= 0.6 is 22.6 Å². The molecule has 0 aliphatic heterocycles. The Hall–Kier alpha value is -0.520. The van der Waals surface area contributed by atoms with Crippen molar-refractivity contribution in [2.75, 3.05) is 6.54 Å². The Morgan fingerprint density at radius 1 is 1.67 bits per heavy atom. The van der Waals surface area contributed by atoms with E-state index < -0.39 is 0 Å². The van der Waals surface area contributed by atoms with Gasteiger partial charge in [-0.3, -0.25) is 4.79 Å². The third-order valence-electron chi connectivity index (χ3n) is 1.33. The lowest BCUT2D eigenvalue weighted by Gasteiger charge is -1.98. The fraction of sp³-hybridized carbons (Fsp3) is 0.375. The molecule has 0 fully saturated rings. The smallest absolute Gasteiger partial charge is 0.287 e. The Bertz CT molecular complexity index is 270. The van der Waals surface area contributed by atoms with Gasteiger partial charge in [0.2, 0.25) is 0 Å². The van der Waals surface area contributed by atoms with Crippen LogP contribution in [-0.2, 0) is 0 Å². The number of hydrogen-bond acceptors (Lipinski definition) is 2. The van der Waals surface area contributed by atoms with Gasteiger partial charge in [-0.2, -0.15) is 0 Å². The Morgan fingerprint density at radius 2 is 2.42 bits per heavy atom. The van der Waals surface area contributed by atoms with E-state index in [1.807, 2.05) is 29.5 Å². The molecule has 1 rings (SSSR count). The molecular weight excluding hydrogens is 269 g/mol. The van der Waals surface area contributed by atoms with Crippen LogP contribution in [0.2, 0.25) is 0 Å². The Balaban J connectivity index is 2.53. The van der Waals surface area contributed by atoms with Gasteiger partial charge >= 0.3 is 0 Å². The van der Waals surface area contributed by atoms with Crippen LogP contribution in [0.25, 0.3) is 0 Å². The van der Waals surface area contributed by atoms with Gasteiger partial charge in [0.05, 0.1) is 0 Å². The minimum absolute atomic E-state index is 0.139. The van der Waals surface area contributed by atoms with Crippen molar-refractivity contribution >= 4 is 28.5 Å². The monoisotopic (exact) mass is 279 g/mol. The molecule has 0 aliphatic carbocycles. The highest BCUT2D eigenvalue weighted by Gasteiger charge is 2.08. The first kappa shape index (κ1) is 9.57. The number of hydrogen-bond donors (Lipinski definition) is 1. The summed E-state index contributed by atoms with van der Waals surface area (Å²) < 4.78 is 5.85. The van der Waals surface area contributed by atoms with Crippen LogP contribution in [-0.4, -0.2) is 12.5 Å². The summed E-state index contributed by atoms with van der Waals surface area (Å²) in [4.78, 5) is 11.2. The summed E-state index contributed by atoms with van der Waals surface area (Å²) in [7, 11) is 0. The van der Waals surface area contributed by atoms with Gasteiger partial charge in [-0.05, 0) is 41.1 Å². The molecule has 0 aromatic carbocycles. The molecular formula is C8H10INO2. The van der Waals surface area contributed by atoms with Crippen LogP contribution in [0.3, 0.4) is 0 Å². The largest absolute Gasteiger partial charge is 0.445 e. The van der Waals surface area contributed by atoms with Crippen molar-refractivity contribution in [3.8, 4) is 0 Å². The molecule has 1 heterocycles. The van der Waals surface area contributed by atoms with Gasteiger partial charge in [0.15, 0.2) is 9.53 Å². The zero-order valence-corrected chi connectivity index (χ0v) is 8.92. The highest BCUT2D eigenvalue weighted by Crippen LogP contribution is 2.09. The lowest BCUT2D eigenvalue weighted by atomic mass is 10.4. The molecule has 3 nitrogen and oxygen atoms in total. The van der Waals surface area contributed by atoms with Gasteiger partial charge in [0.1, 0.15) is 0 Å². The zero-order chi connectivity index (χ0) is 8.97. The van der Waals surface area contributed by atoms with Gasteiger partial charge in [-0.15, -0.1) is 0 Å². The highest BCUT2D eigenvalue weighted by molar-refractivity contribution is 14.1. The van der Waals surface area contributed by atoms with Crippen molar-refractivity contribution in [1.29, 1.82) is 0 Å². The first-order valence-electron chi connectivity index (χ1n) is 3.77. The van der Waals surface area contributed by atoms with Crippen molar-refractivity contribution in [1.82, 2.24) is 5.32 Å². The molecule has 1 amide bonds. The van der Waals surface area contributed by atoms with E-state index in [2.05, 4.69) is 5.32 Å². The summed E-state index contributed by atoms with van der Waals surface area (Å²) in [6.07, 6.45) is 0.934. The standard InChI is InChI=1S/C8H10INO2/c1-2-5-10-8(11)6-3-4-7(9)12-6/h3-4H,2,5H2,1H3,(H,10,11).